The standard InChI is InChI=1S/C8H15NO/c1-3-4-7-5-8(10)9-6(7)2/h6-7H,3-5H2,1-2H3,(H,9,10)/t6-,7+/m0/s1. The van der Waals surface area contributed by atoms with Crippen LogP contribution in [0, 0.1) is 5.92 Å². The Labute approximate surface area is 62.0 Å². The number of amides is 1. The Morgan fingerprint density at radius 1 is 1.70 bits per heavy atom. The van der Waals surface area contributed by atoms with Gasteiger partial charge in [0.05, 0.1) is 0 Å². The van der Waals surface area contributed by atoms with Gasteiger partial charge in [-0.05, 0) is 19.3 Å². The molecule has 2 nitrogen and oxygen atoms in total. The molecule has 58 valence electrons. The average Bonchev–Trinajstić information content (AvgIpc) is 2.13. The molecule has 0 aromatic carbocycles. The highest BCUT2D eigenvalue weighted by Crippen LogP contribution is 2.20. The molecule has 0 unspecified atom stereocenters. The summed E-state index contributed by atoms with van der Waals surface area (Å²) in [5, 5.41) is 2.91. The monoisotopic (exact) mass is 141 g/mol. The molecule has 1 aliphatic heterocycles. The molecule has 2 atom stereocenters. The third-order valence-electron chi connectivity index (χ3n) is 2.20. The van der Waals surface area contributed by atoms with Gasteiger partial charge in [-0.3, -0.25) is 4.79 Å². The Morgan fingerprint density at radius 3 is 2.80 bits per heavy atom. The van der Waals surface area contributed by atoms with Gasteiger partial charge in [-0.15, -0.1) is 0 Å². The minimum absolute atomic E-state index is 0.228. The van der Waals surface area contributed by atoms with Gasteiger partial charge in [0.15, 0.2) is 0 Å². The molecule has 0 aromatic heterocycles. The molecule has 0 aromatic rings. The molecule has 1 saturated heterocycles. The first kappa shape index (κ1) is 7.58. The van der Waals surface area contributed by atoms with Crippen LogP contribution in [0.25, 0.3) is 0 Å². The minimum atomic E-state index is 0.228. The third kappa shape index (κ3) is 1.49. The number of hydrogen-bond donors (Lipinski definition) is 1. The third-order valence-corrected chi connectivity index (χ3v) is 2.20. The van der Waals surface area contributed by atoms with Gasteiger partial charge in [-0.25, -0.2) is 0 Å². The highest BCUT2D eigenvalue weighted by atomic mass is 16.1. The first-order valence-electron chi connectivity index (χ1n) is 4.03. The molecule has 2 heteroatoms. The lowest BCUT2D eigenvalue weighted by atomic mass is 9.97. The summed E-state index contributed by atoms with van der Waals surface area (Å²) in [6.45, 7) is 4.25. The quantitative estimate of drug-likeness (QED) is 0.617. The van der Waals surface area contributed by atoms with Gasteiger partial charge in [-0.1, -0.05) is 13.3 Å². The fraction of sp³-hybridized carbons (Fsp3) is 0.875. The van der Waals surface area contributed by atoms with Crippen LogP contribution in [-0.4, -0.2) is 11.9 Å². The van der Waals surface area contributed by atoms with E-state index in [1.165, 1.54) is 12.8 Å². The van der Waals surface area contributed by atoms with Crippen molar-refractivity contribution in [2.75, 3.05) is 0 Å². The summed E-state index contributed by atoms with van der Waals surface area (Å²) in [6.07, 6.45) is 3.11. The summed E-state index contributed by atoms with van der Waals surface area (Å²) in [7, 11) is 0. The van der Waals surface area contributed by atoms with Crippen molar-refractivity contribution >= 4 is 5.91 Å². The van der Waals surface area contributed by atoms with Gasteiger partial charge < -0.3 is 5.32 Å². The van der Waals surface area contributed by atoms with Gasteiger partial charge in [0.25, 0.3) is 0 Å². The molecular weight excluding hydrogens is 126 g/mol. The summed E-state index contributed by atoms with van der Waals surface area (Å²) in [4.78, 5) is 10.8. The molecule has 10 heavy (non-hydrogen) atoms. The molecule has 1 rings (SSSR count). The second kappa shape index (κ2) is 3.04. The van der Waals surface area contributed by atoms with E-state index in [-0.39, 0.29) is 5.91 Å². The van der Waals surface area contributed by atoms with Crippen molar-refractivity contribution in [1.82, 2.24) is 5.32 Å². The van der Waals surface area contributed by atoms with Crippen LogP contribution < -0.4 is 5.32 Å². The van der Waals surface area contributed by atoms with E-state index in [4.69, 9.17) is 0 Å². The second-order valence-electron chi connectivity index (χ2n) is 3.11. The maximum Gasteiger partial charge on any atom is 0.220 e. The summed E-state index contributed by atoms with van der Waals surface area (Å²) >= 11 is 0. The Hall–Kier alpha value is -0.530. The fourth-order valence-corrected chi connectivity index (χ4v) is 1.57. The summed E-state index contributed by atoms with van der Waals surface area (Å²) in [5.41, 5.74) is 0. The molecule has 0 radical (unpaired) electrons. The maximum absolute atomic E-state index is 10.8. The lowest BCUT2D eigenvalue weighted by molar-refractivity contribution is -0.119. The normalized spacial score (nSPS) is 32.4. The first-order valence-corrected chi connectivity index (χ1v) is 4.03. The minimum Gasteiger partial charge on any atom is -0.353 e. The van der Waals surface area contributed by atoms with Gasteiger partial charge in [0.1, 0.15) is 0 Å². The SMILES string of the molecule is CCC[C@@H]1CC(=O)N[C@H]1C. The van der Waals surface area contributed by atoms with Gasteiger partial charge in [0, 0.05) is 12.5 Å². The van der Waals surface area contributed by atoms with E-state index in [9.17, 15) is 4.79 Å². The molecule has 1 amide bonds. The Morgan fingerprint density at radius 2 is 2.40 bits per heavy atom. The molecule has 0 spiro atoms. The fourth-order valence-electron chi connectivity index (χ4n) is 1.57. The van der Waals surface area contributed by atoms with Crippen molar-refractivity contribution in [3.05, 3.63) is 0 Å². The van der Waals surface area contributed by atoms with Crippen molar-refractivity contribution in [2.24, 2.45) is 5.92 Å². The predicted octanol–water partition coefficient (Wildman–Crippen LogP) is 1.31. The number of carbonyl (C=O) groups excluding carboxylic acids is 1. The van der Waals surface area contributed by atoms with E-state index < -0.39 is 0 Å². The van der Waals surface area contributed by atoms with E-state index in [1.54, 1.807) is 0 Å². The van der Waals surface area contributed by atoms with Crippen LogP contribution in [0.5, 0.6) is 0 Å². The zero-order valence-electron chi connectivity index (χ0n) is 6.68. The number of nitrogens with one attached hydrogen (secondary N) is 1. The molecule has 0 saturated carbocycles. The van der Waals surface area contributed by atoms with Crippen molar-refractivity contribution in [3.63, 3.8) is 0 Å². The van der Waals surface area contributed by atoms with Crippen LogP contribution >= 0.6 is 0 Å². The van der Waals surface area contributed by atoms with Crippen molar-refractivity contribution in [3.8, 4) is 0 Å². The van der Waals surface area contributed by atoms with E-state index in [0.29, 0.717) is 12.0 Å². The number of carbonyl (C=O) groups is 1. The summed E-state index contributed by atoms with van der Waals surface area (Å²) < 4.78 is 0. The van der Waals surface area contributed by atoms with E-state index in [2.05, 4.69) is 19.2 Å². The Bertz CT molecular complexity index is 133. The summed E-state index contributed by atoms with van der Waals surface area (Å²) in [5.74, 6) is 0.823. The summed E-state index contributed by atoms with van der Waals surface area (Å²) in [6, 6.07) is 0.410. The largest absolute Gasteiger partial charge is 0.353 e. The first-order chi connectivity index (χ1) is 4.74. The molecule has 0 bridgehead atoms. The average molecular weight is 141 g/mol. The van der Waals surface area contributed by atoms with Crippen molar-refractivity contribution in [1.29, 1.82) is 0 Å². The van der Waals surface area contributed by atoms with Gasteiger partial charge >= 0.3 is 0 Å². The molecule has 1 N–H and O–H groups in total. The van der Waals surface area contributed by atoms with E-state index in [1.807, 2.05) is 0 Å². The van der Waals surface area contributed by atoms with Crippen LogP contribution in [0.1, 0.15) is 33.1 Å². The number of rotatable bonds is 2. The molecule has 1 fully saturated rings. The molecule has 1 heterocycles. The zero-order chi connectivity index (χ0) is 7.56. The van der Waals surface area contributed by atoms with Crippen molar-refractivity contribution < 1.29 is 4.79 Å². The highest BCUT2D eigenvalue weighted by Gasteiger charge is 2.27. The molecule has 0 aliphatic carbocycles. The molecule has 1 aliphatic rings. The van der Waals surface area contributed by atoms with Crippen LogP contribution in [0.15, 0.2) is 0 Å². The van der Waals surface area contributed by atoms with Gasteiger partial charge in [-0.2, -0.15) is 0 Å². The maximum atomic E-state index is 10.8. The number of hydrogen-bond acceptors (Lipinski definition) is 1. The lowest BCUT2D eigenvalue weighted by Crippen LogP contribution is -2.25. The second-order valence-corrected chi connectivity index (χ2v) is 3.11. The van der Waals surface area contributed by atoms with Crippen molar-refractivity contribution in [2.45, 2.75) is 39.2 Å². The van der Waals surface area contributed by atoms with Crippen LogP contribution in [0.3, 0.4) is 0 Å². The van der Waals surface area contributed by atoms with Crippen LogP contribution in [0.4, 0.5) is 0 Å². The van der Waals surface area contributed by atoms with E-state index in [0.717, 1.165) is 6.42 Å². The Kier molecular flexibility index (Phi) is 2.30. The zero-order valence-corrected chi connectivity index (χ0v) is 6.68. The Balaban J connectivity index is 2.38. The highest BCUT2D eigenvalue weighted by molar-refractivity contribution is 5.78. The van der Waals surface area contributed by atoms with Crippen LogP contribution in [-0.2, 0) is 4.79 Å². The van der Waals surface area contributed by atoms with Crippen LogP contribution in [0.2, 0.25) is 0 Å². The predicted molar refractivity (Wildman–Crippen MR) is 40.6 cm³/mol. The topological polar surface area (TPSA) is 29.1 Å². The molecular formula is C8H15NO. The van der Waals surface area contributed by atoms with E-state index >= 15 is 0 Å². The van der Waals surface area contributed by atoms with Gasteiger partial charge in [0.2, 0.25) is 5.91 Å². The smallest absolute Gasteiger partial charge is 0.220 e. The lowest BCUT2D eigenvalue weighted by Gasteiger charge is -2.11.